The van der Waals surface area contributed by atoms with Crippen molar-refractivity contribution in [3.63, 3.8) is 0 Å². The predicted molar refractivity (Wildman–Crippen MR) is 95.4 cm³/mol. The summed E-state index contributed by atoms with van der Waals surface area (Å²) in [7, 11) is 2.96. The molecule has 1 aliphatic carbocycles. The molecule has 10 heteroatoms. The number of rotatable bonds is 8. The van der Waals surface area contributed by atoms with Gasteiger partial charge in [-0.15, -0.1) is 11.8 Å². The molecular formula is C16H20N4O5S. The first kappa shape index (κ1) is 19.7. The molecule has 2 rings (SSSR count). The molecule has 0 spiro atoms. The van der Waals surface area contributed by atoms with Crippen LogP contribution in [0.2, 0.25) is 0 Å². The number of nitrogens with one attached hydrogen (secondary N) is 3. The van der Waals surface area contributed by atoms with Crippen LogP contribution in [0.15, 0.2) is 15.5 Å². The Morgan fingerprint density at radius 3 is 2.62 bits per heavy atom. The van der Waals surface area contributed by atoms with Gasteiger partial charge in [0.2, 0.25) is 17.3 Å². The Morgan fingerprint density at radius 1 is 1.15 bits per heavy atom. The van der Waals surface area contributed by atoms with Crippen molar-refractivity contribution in [3.05, 3.63) is 28.0 Å². The van der Waals surface area contributed by atoms with E-state index in [9.17, 15) is 19.2 Å². The molecule has 26 heavy (non-hydrogen) atoms. The van der Waals surface area contributed by atoms with Gasteiger partial charge in [-0.25, -0.2) is 4.79 Å². The maximum atomic E-state index is 12.6. The van der Waals surface area contributed by atoms with Gasteiger partial charge in [-0.1, -0.05) is 11.6 Å². The first-order valence-corrected chi connectivity index (χ1v) is 9.09. The fraction of sp³-hybridized carbons (Fsp3) is 0.438. The number of unbranched alkanes of at least 4 members (excludes halogenated alkanes) is 2. The van der Waals surface area contributed by atoms with Crippen molar-refractivity contribution in [3.8, 4) is 0 Å². The molecule has 1 heterocycles. The van der Waals surface area contributed by atoms with Crippen LogP contribution in [-0.2, 0) is 0 Å². The molecule has 3 amide bonds. The highest BCUT2D eigenvalue weighted by Gasteiger charge is 2.35. The fourth-order valence-electron chi connectivity index (χ4n) is 2.30. The smallest absolute Gasteiger partial charge is 0.314 e. The Labute approximate surface area is 154 Å². The quantitative estimate of drug-likeness (QED) is 0.576. The maximum Gasteiger partial charge on any atom is 0.314 e. The number of fused-ring (bicyclic) bond motifs is 1. The number of thioether (sulfide) groups is 1. The summed E-state index contributed by atoms with van der Waals surface area (Å²) in [6, 6.07) is -0.215. The monoisotopic (exact) mass is 380 g/mol. The molecule has 9 nitrogen and oxygen atoms in total. The molecule has 1 aromatic rings. The van der Waals surface area contributed by atoms with Crippen molar-refractivity contribution in [2.75, 3.05) is 26.4 Å². The van der Waals surface area contributed by atoms with Crippen LogP contribution in [0.5, 0.6) is 0 Å². The summed E-state index contributed by atoms with van der Waals surface area (Å²) < 4.78 is 4.86. The lowest BCUT2D eigenvalue weighted by molar-refractivity contribution is 0.0944. The highest BCUT2D eigenvalue weighted by molar-refractivity contribution is 8.04. The number of amides is 3. The molecule has 0 bridgehead atoms. The number of hydrogen-bond acceptors (Lipinski definition) is 7. The highest BCUT2D eigenvalue weighted by atomic mass is 32.2. The zero-order chi connectivity index (χ0) is 19.1. The van der Waals surface area contributed by atoms with Gasteiger partial charge in [-0.05, 0) is 18.6 Å². The molecule has 0 radical (unpaired) electrons. The van der Waals surface area contributed by atoms with E-state index < -0.39 is 17.5 Å². The van der Waals surface area contributed by atoms with E-state index in [0.717, 1.165) is 19.3 Å². The van der Waals surface area contributed by atoms with E-state index in [1.165, 1.54) is 24.9 Å². The van der Waals surface area contributed by atoms with Gasteiger partial charge >= 0.3 is 6.03 Å². The lowest BCUT2D eigenvalue weighted by atomic mass is 10.00. The minimum atomic E-state index is -0.578. The summed E-state index contributed by atoms with van der Waals surface area (Å²) in [5, 5.41) is 11.1. The standard InChI is InChI=1S/C16H20N4O5S/c1-17-15(23)12-11-13(22)10(8-9(21)14(11)25-20-12)26-7-5-3-4-6-19-16(24)18-2/h8H,3-7H2,1-2H3,(H,17,23)(H2,18,19,24). The van der Waals surface area contributed by atoms with Crippen molar-refractivity contribution in [2.24, 2.45) is 0 Å². The van der Waals surface area contributed by atoms with E-state index in [4.69, 9.17) is 4.52 Å². The fourth-order valence-corrected chi connectivity index (χ4v) is 3.29. The summed E-state index contributed by atoms with van der Waals surface area (Å²) in [6.07, 6.45) is 3.73. The number of Topliss-reactive ketones (excluding diaryl/α,β-unsaturated/α-hetero) is 1. The zero-order valence-corrected chi connectivity index (χ0v) is 15.3. The third kappa shape index (κ3) is 4.51. The number of aromatic nitrogens is 1. The number of hydrogen-bond donors (Lipinski definition) is 3. The number of nitrogens with zero attached hydrogens (tertiary/aromatic N) is 1. The molecule has 3 N–H and O–H groups in total. The third-order valence-corrected chi connectivity index (χ3v) is 4.77. The molecular weight excluding hydrogens is 360 g/mol. The van der Waals surface area contributed by atoms with Crippen LogP contribution in [0.1, 0.15) is 50.7 Å². The largest absolute Gasteiger partial charge is 0.354 e. The Kier molecular flexibility index (Phi) is 6.96. The number of carbonyl (C=O) groups is 4. The van der Waals surface area contributed by atoms with Crippen molar-refractivity contribution in [1.29, 1.82) is 0 Å². The van der Waals surface area contributed by atoms with Gasteiger partial charge in [-0.3, -0.25) is 14.4 Å². The molecule has 1 aliphatic rings. The lowest BCUT2D eigenvalue weighted by Crippen LogP contribution is -2.33. The number of allylic oxidation sites excluding steroid dienone is 2. The molecule has 0 saturated heterocycles. The normalized spacial score (nSPS) is 13.1. The van der Waals surface area contributed by atoms with E-state index in [1.54, 1.807) is 7.05 Å². The molecule has 0 atom stereocenters. The van der Waals surface area contributed by atoms with E-state index >= 15 is 0 Å². The summed E-state index contributed by atoms with van der Waals surface area (Å²) in [4.78, 5) is 47.7. The Balaban J connectivity index is 1.87. The van der Waals surface area contributed by atoms with Crippen LogP contribution < -0.4 is 16.0 Å². The molecule has 0 unspecified atom stereocenters. The van der Waals surface area contributed by atoms with Crippen LogP contribution >= 0.6 is 11.8 Å². The van der Waals surface area contributed by atoms with Gasteiger partial charge in [0.25, 0.3) is 5.91 Å². The Hall–Kier alpha value is -2.62. The van der Waals surface area contributed by atoms with Crippen LogP contribution in [0.4, 0.5) is 4.79 Å². The Morgan fingerprint density at radius 2 is 1.92 bits per heavy atom. The van der Waals surface area contributed by atoms with E-state index in [1.807, 2.05) is 0 Å². The van der Waals surface area contributed by atoms with Crippen molar-refractivity contribution >= 4 is 35.3 Å². The summed E-state index contributed by atoms with van der Waals surface area (Å²) in [5.74, 6) is -1.03. The SMILES string of the molecule is CNC(=O)NCCCCCSC1=CC(=O)c2onc(C(=O)NC)c2C1=O. The van der Waals surface area contributed by atoms with E-state index in [0.29, 0.717) is 12.3 Å². The van der Waals surface area contributed by atoms with Crippen LogP contribution in [0.3, 0.4) is 0 Å². The lowest BCUT2D eigenvalue weighted by Gasteiger charge is -2.10. The molecule has 0 aromatic carbocycles. The molecule has 0 saturated carbocycles. The van der Waals surface area contributed by atoms with Gasteiger partial charge in [0.15, 0.2) is 5.69 Å². The Bertz CT molecular complexity index is 756. The van der Waals surface area contributed by atoms with E-state index in [2.05, 4.69) is 21.1 Å². The van der Waals surface area contributed by atoms with E-state index in [-0.39, 0.29) is 28.0 Å². The molecule has 0 aliphatic heterocycles. The molecule has 140 valence electrons. The second kappa shape index (κ2) is 9.18. The summed E-state index contributed by atoms with van der Waals surface area (Å²) >= 11 is 1.26. The average molecular weight is 380 g/mol. The number of urea groups is 1. The van der Waals surface area contributed by atoms with Gasteiger partial charge < -0.3 is 20.5 Å². The van der Waals surface area contributed by atoms with Crippen LogP contribution in [-0.4, -0.2) is 55.1 Å². The summed E-state index contributed by atoms with van der Waals surface area (Å²) in [5.41, 5.74) is -0.249. The topological polar surface area (TPSA) is 130 Å². The van der Waals surface area contributed by atoms with Crippen molar-refractivity contribution < 1.29 is 23.7 Å². The van der Waals surface area contributed by atoms with Gasteiger partial charge in [0.1, 0.15) is 5.56 Å². The van der Waals surface area contributed by atoms with Crippen molar-refractivity contribution in [1.82, 2.24) is 21.1 Å². The predicted octanol–water partition coefficient (Wildman–Crippen LogP) is 1.13. The maximum absolute atomic E-state index is 12.6. The first-order valence-electron chi connectivity index (χ1n) is 8.10. The van der Waals surface area contributed by atoms with Gasteiger partial charge in [0, 0.05) is 26.7 Å². The van der Waals surface area contributed by atoms with Crippen LogP contribution in [0, 0.1) is 0 Å². The highest BCUT2D eigenvalue weighted by Crippen LogP contribution is 2.31. The van der Waals surface area contributed by atoms with Crippen LogP contribution in [0.25, 0.3) is 0 Å². The first-order chi connectivity index (χ1) is 12.5. The zero-order valence-electron chi connectivity index (χ0n) is 14.5. The van der Waals surface area contributed by atoms with Gasteiger partial charge in [-0.2, -0.15) is 0 Å². The molecule has 0 fully saturated rings. The van der Waals surface area contributed by atoms with Crippen molar-refractivity contribution in [2.45, 2.75) is 19.3 Å². The minimum Gasteiger partial charge on any atom is -0.354 e. The molecule has 1 aromatic heterocycles. The van der Waals surface area contributed by atoms with Gasteiger partial charge in [0.05, 0.1) is 4.91 Å². The third-order valence-electron chi connectivity index (χ3n) is 3.66. The second-order valence-corrected chi connectivity index (χ2v) is 6.57. The number of carbonyl (C=O) groups excluding carboxylic acids is 4. The summed E-state index contributed by atoms with van der Waals surface area (Å²) in [6.45, 7) is 0.573. The number of ketones is 2. The second-order valence-electron chi connectivity index (χ2n) is 5.43. The minimum absolute atomic E-state index is 0.0749. The average Bonchev–Trinajstić information content (AvgIpc) is 3.09.